The van der Waals surface area contributed by atoms with E-state index in [0.717, 1.165) is 23.7 Å². The third-order valence-electron chi connectivity index (χ3n) is 5.62. The number of rotatable bonds is 4. The molecule has 4 saturated carbocycles. The van der Waals surface area contributed by atoms with Crippen LogP contribution in [0.4, 0.5) is 0 Å². The van der Waals surface area contributed by atoms with Gasteiger partial charge in [-0.15, -0.1) is 0 Å². The predicted molar refractivity (Wildman–Crippen MR) is 73.1 cm³/mol. The molecule has 104 valence electrons. The second-order valence-electron chi connectivity index (χ2n) is 7.00. The maximum atomic E-state index is 11.6. The minimum absolute atomic E-state index is 0.176. The molecule has 4 fully saturated rings. The molecule has 4 bridgehead atoms. The lowest BCUT2D eigenvalue weighted by Gasteiger charge is -2.56. The van der Waals surface area contributed by atoms with Crippen LogP contribution in [0.1, 0.15) is 32.1 Å². The van der Waals surface area contributed by atoms with Crippen molar-refractivity contribution in [3.63, 3.8) is 0 Å². The monoisotopic (exact) mass is 271 g/mol. The van der Waals surface area contributed by atoms with E-state index in [-0.39, 0.29) is 6.04 Å². The number of sulfone groups is 1. The van der Waals surface area contributed by atoms with E-state index in [0.29, 0.717) is 11.7 Å². The molecule has 0 radical (unpaired) electrons. The smallest absolute Gasteiger partial charge is 0.148 e. The standard InChI is InChI=1S/C14H25NO2S/c1-15-13(8-18(2,16)17)14-11-4-9-3-10(6-11)7-12(14)5-9/h9-15H,3-8H2,1-2H3. The molecule has 0 aliphatic heterocycles. The Kier molecular flexibility index (Phi) is 3.22. The molecule has 4 rings (SSSR count). The van der Waals surface area contributed by atoms with Crippen molar-refractivity contribution in [3.8, 4) is 0 Å². The molecule has 1 atom stereocenters. The molecule has 0 aromatic rings. The Morgan fingerprint density at radius 1 is 1.06 bits per heavy atom. The topological polar surface area (TPSA) is 46.2 Å². The van der Waals surface area contributed by atoms with Gasteiger partial charge in [0.05, 0.1) is 5.75 Å². The van der Waals surface area contributed by atoms with Crippen LogP contribution in [0.25, 0.3) is 0 Å². The summed E-state index contributed by atoms with van der Waals surface area (Å²) in [6.07, 6.45) is 8.27. The summed E-state index contributed by atoms with van der Waals surface area (Å²) < 4.78 is 23.2. The van der Waals surface area contributed by atoms with Crippen molar-refractivity contribution in [2.75, 3.05) is 19.1 Å². The van der Waals surface area contributed by atoms with Crippen LogP contribution in [0.15, 0.2) is 0 Å². The van der Waals surface area contributed by atoms with Gasteiger partial charge in [0.25, 0.3) is 0 Å². The lowest BCUT2D eigenvalue weighted by molar-refractivity contribution is -0.0477. The number of hydrogen-bond donors (Lipinski definition) is 1. The Morgan fingerprint density at radius 2 is 1.56 bits per heavy atom. The van der Waals surface area contributed by atoms with Crippen LogP contribution in [0.3, 0.4) is 0 Å². The van der Waals surface area contributed by atoms with Crippen LogP contribution in [-0.2, 0) is 9.84 Å². The fraction of sp³-hybridized carbons (Fsp3) is 1.00. The maximum Gasteiger partial charge on any atom is 0.148 e. The van der Waals surface area contributed by atoms with Gasteiger partial charge in [0, 0.05) is 12.3 Å². The predicted octanol–water partition coefficient (Wildman–Crippen LogP) is 1.69. The zero-order valence-corrected chi connectivity index (χ0v) is 12.2. The van der Waals surface area contributed by atoms with Gasteiger partial charge in [-0.2, -0.15) is 0 Å². The first kappa shape index (κ1) is 12.9. The minimum Gasteiger partial charge on any atom is -0.316 e. The lowest BCUT2D eigenvalue weighted by atomic mass is 9.50. The fourth-order valence-electron chi connectivity index (χ4n) is 5.34. The zero-order valence-electron chi connectivity index (χ0n) is 11.4. The molecule has 0 amide bonds. The average molecular weight is 271 g/mol. The van der Waals surface area contributed by atoms with Crippen molar-refractivity contribution < 1.29 is 8.42 Å². The van der Waals surface area contributed by atoms with E-state index in [4.69, 9.17) is 0 Å². The summed E-state index contributed by atoms with van der Waals surface area (Å²) in [5.41, 5.74) is 0. The van der Waals surface area contributed by atoms with Crippen LogP contribution in [0.2, 0.25) is 0 Å². The Hall–Kier alpha value is -0.0900. The van der Waals surface area contributed by atoms with Crippen LogP contribution >= 0.6 is 0 Å². The maximum absolute atomic E-state index is 11.6. The van der Waals surface area contributed by atoms with Crippen LogP contribution in [0, 0.1) is 29.6 Å². The molecule has 4 heteroatoms. The van der Waals surface area contributed by atoms with Crippen molar-refractivity contribution in [3.05, 3.63) is 0 Å². The molecule has 0 aromatic carbocycles. The fourth-order valence-corrected chi connectivity index (χ4v) is 6.38. The molecule has 18 heavy (non-hydrogen) atoms. The van der Waals surface area contributed by atoms with Gasteiger partial charge in [-0.1, -0.05) is 0 Å². The van der Waals surface area contributed by atoms with Gasteiger partial charge in [0.1, 0.15) is 9.84 Å². The highest BCUT2D eigenvalue weighted by Gasteiger charge is 2.50. The van der Waals surface area contributed by atoms with E-state index < -0.39 is 9.84 Å². The van der Waals surface area contributed by atoms with Crippen molar-refractivity contribution in [2.24, 2.45) is 29.6 Å². The molecule has 0 spiro atoms. The molecule has 3 nitrogen and oxygen atoms in total. The lowest BCUT2D eigenvalue weighted by Crippen LogP contribution is -2.54. The molecular formula is C14H25NO2S. The van der Waals surface area contributed by atoms with Gasteiger partial charge in [0.2, 0.25) is 0 Å². The minimum atomic E-state index is -2.88. The molecule has 0 heterocycles. The van der Waals surface area contributed by atoms with Gasteiger partial charge >= 0.3 is 0 Å². The number of hydrogen-bond acceptors (Lipinski definition) is 3. The third kappa shape index (κ3) is 2.34. The Morgan fingerprint density at radius 3 is 1.94 bits per heavy atom. The van der Waals surface area contributed by atoms with Gasteiger partial charge in [-0.25, -0.2) is 8.42 Å². The quantitative estimate of drug-likeness (QED) is 0.846. The zero-order chi connectivity index (χ0) is 12.9. The van der Waals surface area contributed by atoms with Gasteiger partial charge < -0.3 is 5.32 Å². The first-order chi connectivity index (χ1) is 8.46. The van der Waals surface area contributed by atoms with Gasteiger partial charge in [-0.05, 0) is 68.7 Å². The summed E-state index contributed by atoms with van der Waals surface area (Å²) in [6, 6.07) is 0.176. The summed E-state index contributed by atoms with van der Waals surface area (Å²) in [4.78, 5) is 0. The molecule has 1 unspecified atom stereocenters. The van der Waals surface area contributed by atoms with E-state index in [1.54, 1.807) is 0 Å². The second kappa shape index (κ2) is 4.48. The Bertz CT molecular complexity index is 390. The van der Waals surface area contributed by atoms with Crippen LogP contribution in [0.5, 0.6) is 0 Å². The molecule has 0 saturated heterocycles. The summed E-state index contributed by atoms with van der Waals surface area (Å²) in [5.74, 6) is 4.42. The number of nitrogens with one attached hydrogen (secondary N) is 1. The molecule has 4 aliphatic carbocycles. The van der Waals surface area contributed by atoms with Crippen molar-refractivity contribution in [1.82, 2.24) is 5.32 Å². The highest BCUT2D eigenvalue weighted by atomic mass is 32.2. The average Bonchev–Trinajstić information content (AvgIpc) is 2.24. The van der Waals surface area contributed by atoms with Crippen molar-refractivity contribution in [1.29, 1.82) is 0 Å². The van der Waals surface area contributed by atoms with E-state index in [2.05, 4.69) is 5.32 Å². The molecule has 0 aromatic heterocycles. The van der Waals surface area contributed by atoms with Gasteiger partial charge in [-0.3, -0.25) is 0 Å². The highest BCUT2D eigenvalue weighted by molar-refractivity contribution is 7.90. The SMILES string of the molecule is CNC(CS(C)(=O)=O)C1C2CC3CC(C2)CC1C3. The molecule has 4 aliphatic rings. The summed E-state index contributed by atoms with van der Waals surface area (Å²) in [6.45, 7) is 0. The van der Waals surface area contributed by atoms with Crippen molar-refractivity contribution >= 4 is 9.84 Å². The van der Waals surface area contributed by atoms with E-state index in [1.807, 2.05) is 7.05 Å². The summed E-state index contributed by atoms with van der Waals surface area (Å²) in [5, 5.41) is 3.31. The van der Waals surface area contributed by atoms with Crippen LogP contribution in [-0.4, -0.2) is 33.5 Å². The Labute approximate surface area is 111 Å². The second-order valence-corrected chi connectivity index (χ2v) is 9.18. The normalized spacial score (nSPS) is 44.2. The summed E-state index contributed by atoms with van der Waals surface area (Å²) in [7, 11) is -0.949. The third-order valence-corrected chi connectivity index (χ3v) is 6.58. The first-order valence-corrected chi connectivity index (χ1v) is 9.37. The van der Waals surface area contributed by atoms with Crippen LogP contribution < -0.4 is 5.32 Å². The largest absolute Gasteiger partial charge is 0.316 e. The van der Waals surface area contributed by atoms with Crippen molar-refractivity contribution in [2.45, 2.75) is 38.1 Å². The molecular weight excluding hydrogens is 246 g/mol. The first-order valence-electron chi connectivity index (χ1n) is 7.31. The Balaban J connectivity index is 1.78. The highest BCUT2D eigenvalue weighted by Crippen LogP contribution is 2.57. The van der Waals surface area contributed by atoms with E-state index >= 15 is 0 Å². The van der Waals surface area contributed by atoms with Gasteiger partial charge in [0.15, 0.2) is 0 Å². The summed E-state index contributed by atoms with van der Waals surface area (Å²) >= 11 is 0. The van der Waals surface area contributed by atoms with E-state index in [1.165, 1.54) is 38.4 Å². The molecule has 1 N–H and O–H groups in total. The van der Waals surface area contributed by atoms with E-state index in [9.17, 15) is 8.42 Å².